The molecule has 0 unspecified atom stereocenters. The van der Waals surface area contributed by atoms with Crippen LogP contribution in [-0.2, 0) is 13.1 Å². The van der Waals surface area contributed by atoms with Gasteiger partial charge in [0.2, 0.25) is 0 Å². The lowest BCUT2D eigenvalue weighted by Crippen LogP contribution is -2.49. The van der Waals surface area contributed by atoms with Crippen LogP contribution in [0.4, 0.5) is 4.39 Å². The van der Waals surface area contributed by atoms with E-state index in [-0.39, 0.29) is 17.9 Å². The number of imidazole rings is 1. The number of aromatic nitrogens is 3. The van der Waals surface area contributed by atoms with Gasteiger partial charge in [-0.2, -0.15) is 0 Å². The minimum atomic E-state index is -0.460. The monoisotopic (exact) mass is 433 g/mol. The Morgan fingerprint density at radius 2 is 2.03 bits per heavy atom. The molecule has 0 radical (unpaired) electrons. The number of aliphatic hydroxyl groups is 1. The number of halogens is 1. The second-order valence-corrected chi connectivity index (χ2v) is 8.77. The van der Waals surface area contributed by atoms with Gasteiger partial charge < -0.3 is 14.8 Å². The summed E-state index contributed by atoms with van der Waals surface area (Å²) in [5, 5.41) is 15.4. The molecule has 0 aliphatic heterocycles. The second kappa shape index (κ2) is 8.94. The Morgan fingerprint density at radius 3 is 2.91 bits per heavy atom. The fraction of sp³-hybridized carbons (Fsp3) is 0.360. The summed E-state index contributed by atoms with van der Waals surface area (Å²) in [5.74, 6) is -0.249. The zero-order valence-electron chi connectivity index (χ0n) is 18.2. The van der Waals surface area contributed by atoms with E-state index in [0.717, 1.165) is 36.0 Å². The van der Waals surface area contributed by atoms with Gasteiger partial charge in [0.1, 0.15) is 11.5 Å². The van der Waals surface area contributed by atoms with Gasteiger partial charge in [-0.1, -0.05) is 12.1 Å². The van der Waals surface area contributed by atoms with Crippen LogP contribution in [0.25, 0.3) is 16.6 Å². The highest BCUT2D eigenvalue weighted by molar-refractivity contribution is 5.79. The SMILES string of the molecule is CN(Cc1cc2cccnc2cc1F)[C@H]1CC[C@H](NCc2cccn3ccnc23)C[C@H]1O. The summed E-state index contributed by atoms with van der Waals surface area (Å²) in [4.78, 5) is 10.7. The van der Waals surface area contributed by atoms with Gasteiger partial charge >= 0.3 is 0 Å². The maximum Gasteiger partial charge on any atom is 0.141 e. The fourth-order valence-corrected chi connectivity index (χ4v) is 4.88. The number of benzene rings is 1. The number of hydrogen-bond donors (Lipinski definition) is 2. The molecule has 1 aliphatic carbocycles. The van der Waals surface area contributed by atoms with Crippen LogP contribution in [0.15, 0.2) is 61.2 Å². The first kappa shape index (κ1) is 21.0. The Hall–Kier alpha value is -2.87. The number of nitrogens with one attached hydrogen (secondary N) is 1. The van der Waals surface area contributed by atoms with Crippen molar-refractivity contribution in [2.45, 2.75) is 50.5 Å². The third kappa shape index (κ3) is 4.24. The normalized spacial score (nSPS) is 21.6. The Morgan fingerprint density at radius 1 is 1.12 bits per heavy atom. The summed E-state index contributed by atoms with van der Waals surface area (Å²) in [6, 6.07) is 11.5. The standard InChI is InChI=1S/C25H28FN5O/c1-30(16-19-12-17-4-2-8-27-22(17)14-21(19)26)23-7-6-20(13-24(23)32)29-15-18-5-3-10-31-11-9-28-25(18)31/h2-5,8-12,14,20,23-24,29,32H,6-7,13,15-16H2,1H3/t20-,23-,24+/m0/s1. The number of rotatable bonds is 6. The van der Waals surface area contributed by atoms with E-state index >= 15 is 0 Å². The van der Waals surface area contributed by atoms with E-state index in [1.54, 1.807) is 12.4 Å². The van der Waals surface area contributed by atoms with E-state index in [2.05, 4.69) is 26.3 Å². The maximum absolute atomic E-state index is 14.6. The van der Waals surface area contributed by atoms with Crippen molar-refractivity contribution < 1.29 is 9.50 Å². The van der Waals surface area contributed by atoms with Gasteiger partial charge in [-0.25, -0.2) is 9.37 Å². The van der Waals surface area contributed by atoms with E-state index in [0.29, 0.717) is 24.0 Å². The van der Waals surface area contributed by atoms with Crippen LogP contribution in [-0.4, -0.2) is 49.6 Å². The van der Waals surface area contributed by atoms with Gasteiger partial charge in [0.05, 0.1) is 11.6 Å². The molecule has 166 valence electrons. The molecule has 1 aromatic carbocycles. The molecule has 5 rings (SSSR count). The van der Waals surface area contributed by atoms with E-state index in [9.17, 15) is 9.50 Å². The number of fused-ring (bicyclic) bond motifs is 2. The summed E-state index contributed by atoms with van der Waals surface area (Å²) in [5.41, 5.74) is 3.40. The predicted octanol–water partition coefficient (Wildman–Crippen LogP) is 3.53. The first-order valence-corrected chi connectivity index (χ1v) is 11.1. The smallest absolute Gasteiger partial charge is 0.141 e. The van der Waals surface area contributed by atoms with Crippen molar-refractivity contribution in [3.63, 3.8) is 0 Å². The van der Waals surface area contributed by atoms with Gasteiger partial charge in [-0.05, 0) is 44.5 Å². The van der Waals surface area contributed by atoms with Crippen LogP contribution in [0.2, 0.25) is 0 Å². The second-order valence-electron chi connectivity index (χ2n) is 8.77. The summed E-state index contributed by atoms with van der Waals surface area (Å²) < 4.78 is 16.6. The van der Waals surface area contributed by atoms with Crippen molar-refractivity contribution in [2.75, 3.05) is 7.05 Å². The minimum Gasteiger partial charge on any atom is -0.391 e. The number of aliphatic hydroxyl groups excluding tert-OH is 1. The third-order valence-corrected chi connectivity index (χ3v) is 6.62. The minimum absolute atomic E-state index is 0.00720. The average molecular weight is 434 g/mol. The first-order valence-electron chi connectivity index (χ1n) is 11.1. The van der Waals surface area contributed by atoms with Gasteiger partial charge in [0.15, 0.2) is 0 Å². The molecule has 0 saturated heterocycles. The Kier molecular flexibility index (Phi) is 5.87. The van der Waals surface area contributed by atoms with E-state index in [1.165, 1.54) is 6.07 Å². The largest absolute Gasteiger partial charge is 0.391 e. The van der Waals surface area contributed by atoms with Crippen molar-refractivity contribution in [3.05, 3.63) is 78.1 Å². The highest BCUT2D eigenvalue weighted by Gasteiger charge is 2.31. The van der Waals surface area contributed by atoms with Gasteiger partial charge in [-0.15, -0.1) is 0 Å². The number of hydrogen-bond acceptors (Lipinski definition) is 5. The Labute approximate surface area is 186 Å². The average Bonchev–Trinajstić information content (AvgIpc) is 3.28. The maximum atomic E-state index is 14.6. The molecule has 4 aromatic rings. The lowest BCUT2D eigenvalue weighted by atomic mass is 9.87. The molecule has 1 aliphatic rings. The molecule has 3 heterocycles. The Balaban J connectivity index is 1.20. The van der Waals surface area contributed by atoms with Crippen molar-refractivity contribution in [1.29, 1.82) is 0 Å². The zero-order chi connectivity index (χ0) is 22.1. The number of nitrogens with zero attached hydrogens (tertiary/aromatic N) is 4. The quantitative estimate of drug-likeness (QED) is 0.487. The van der Waals surface area contributed by atoms with Crippen LogP contribution < -0.4 is 5.32 Å². The van der Waals surface area contributed by atoms with E-state index in [1.807, 2.05) is 48.1 Å². The van der Waals surface area contributed by atoms with Crippen LogP contribution in [0, 0.1) is 5.82 Å². The van der Waals surface area contributed by atoms with Crippen LogP contribution in [0.5, 0.6) is 0 Å². The van der Waals surface area contributed by atoms with Crippen LogP contribution >= 0.6 is 0 Å². The molecule has 6 nitrogen and oxygen atoms in total. The topological polar surface area (TPSA) is 65.7 Å². The molecule has 1 saturated carbocycles. The van der Waals surface area contributed by atoms with Crippen LogP contribution in [0.1, 0.15) is 30.4 Å². The summed E-state index contributed by atoms with van der Waals surface area (Å²) in [6.45, 7) is 1.17. The summed E-state index contributed by atoms with van der Waals surface area (Å²) in [7, 11) is 1.97. The lowest BCUT2D eigenvalue weighted by molar-refractivity contribution is 0.0172. The highest BCUT2D eigenvalue weighted by Crippen LogP contribution is 2.26. The molecule has 7 heteroatoms. The number of likely N-dealkylation sites (N-methyl/N-ethyl adjacent to an activating group) is 1. The number of pyridine rings is 2. The molecular formula is C25H28FN5O. The molecule has 0 spiro atoms. The first-order chi connectivity index (χ1) is 15.6. The predicted molar refractivity (Wildman–Crippen MR) is 123 cm³/mol. The van der Waals surface area contributed by atoms with Crippen LogP contribution in [0.3, 0.4) is 0 Å². The van der Waals surface area contributed by atoms with Gasteiger partial charge in [0.25, 0.3) is 0 Å². The third-order valence-electron chi connectivity index (χ3n) is 6.62. The molecular weight excluding hydrogens is 405 g/mol. The molecule has 32 heavy (non-hydrogen) atoms. The van der Waals surface area contributed by atoms with Crippen molar-refractivity contribution >= 4 is 16.6 Å². The van der Waals surface area contributed by atoms with Gasteiger partial charge in [-0.3, -0.25) is 9.88 Å². The summed E-state index contributed by atoms with van der Waals surface area (Å²) >= 11 is 0. The van der Waals surface area contributed by atoms with Crippen molar-refractivity contribution in [1.82, 2.24) is 24.6 Å². The van der Waals surface area contributed by atoms with E-state index in [4.69, 9.17) is 0 Å². The zero-order valence-corrected chi connectivity index (χ0v) is 18.2. The molecule has 2 N–H and O–H groups in total. The van der Waals surface area contributed by atoms with E-state index < -0.39 is 6.10 Å². The molecule has 3 atom stereocenters. The fourth-order valence-electron chi connectivity index (χ4n) is 4.88. The Bertz CT molecular complexity index is 1230. The highest BCUT2D eigenvalue weighted by atomic mass is 19.1. The summed E-state index contributed by atoms with van der Waals surface area (Å²) in [6.07, 6.45) is 9.46. The lowest BCUT2D eigenvalue weighted by Gasteiger charge is -2.39. The molecule has 3 aromatic heterocycles. The van der Waals surface area contributed by atoms with Gasteiger partial charge in [0, 0.05) is 72.5 Å². The molecule has 1 fully saturated rings. The van der Waals surface area contributed by atoms with Crippen molar-refractivity contribution in [3.8, 4) is 0 Å². The van der Waals surface area contributed by atoms with Crippen molar-refractivity contribution in [2.24, 2.45) is 0 Å². The molecule has 0 amide bonds. The molecule has 0 bridgehead atoms.